The normalized spacial score (nSPS) is 11.5. The van der Waals surface area contributed by atoms with Gasteiger partial charge in [-0.2, -0.15) is 10.1 Å². The van der Waals surface area contributed by atoms with Crippen molar-refractivity contribution in [2.45, 2.75) is 0 Å². The average Bonchev–Trinajstić information content (AvgIpc) is 2.29. The molecule has 0 bridgehead atoms. The first-order valence-electron chi connectivity index (χ1n) is 5.61. The quantitative estimate of drug-likeness (QED) is 0.313. The van der Waals surface area contributed by atoms with Crippen LogP contribution in [0, 0.1) is 0 Å². The van der Waals surface area contributed by atoms with E-state index in [2.05, 4.69) is 26.3 Å². The molecule has 0 saturated carbocycles. The first kappa shape index (κ1) is 18.3. The molecule has 0 spiro atoms. The van der Waals surface area contributed by atoms with Gasteiger partial charge in [0, 0.05) is 37.4 Å². The average molecular weight is 307 g/mol. The van der Waals surface area contributed by atoms with Gasteiger partial charge in [-0.15, -0.1) is 26.3 Å². The molecule has 0 aromatic carbocycles. The van der Waals surface area contributed by atoms with E-state index in [-0.39, 0.29) is 0 Å². The van der Waals surface area contributed by atoms with Crippen LogP contribution in [-0.4, -0.2) is 36.3 Å². The van der Waals surface area contributed by atoms with Crippen molar-refractivity contribution in [3.8, 4) is 0 Å². The molecule has 108 valence electrons. The lowest BCUT2D eigenvalue weighted by atomic mass is 10.5. The van der Waals surface area contributed by atoms with Gasteiger partial charge in [0.1, 0.15) is 0 Å². The van der Waals surface area contributed by atoms with Gasteiger partial charge in [0.15, 0.2) is 0 Å². The summed E-state index contributed by atoms with van der Waals surface area (Å²) in [6.45, 7) is 11.8. The molecule has 0 amide bonds. The van der Waals surface area contributed by atoms with Gasteiger partial charge < -0.3 is 0 Å². The predicted octanol–water partition coefficient (Wildman–Crippen LogP) is 3.54. The SMILES string of the molecule is C=CCN(CC=C)OP(=O)(Cl)ON(CC=C)CC=C. The zero-order valence-electron chi connectivity index (χ0n) is 10.9. The third kappa shape index (κ3) is 8.94. The molecule has 0 aromatic rings. The summed E-state index contributed by atoms with van der Waals surface area (Å²) in [7, 11) is 0. The van der Waals surface area contributed by atoms with Gasteiger partial charge in [0.05, 0.1) is 0 Å². The fourth-order valence-corrected chi connectivity index (χ4v) is 2.52. The van der Waals surface area contributed by atoms with Crippen molar-refractivity contribution in [3.05, 3.63) is 50.6 Å². The summed E-state index contributed by atoms with van der Waals surface area (Å²) in [5.74, 6) is 0. The number of halogens is 1. The second kappa shape index (κ2) is 10.1. The molecule has 5 nitrogen and oxygen atoms in total. The van der Waals surface area contributed by atoms with Gasteiger partial charge in [0.2, 0.25) is 0 Å². The van der Waals surface area contributed by atoms with Crippen molar-refractivity contribution < 1.29 is 13.8 Å². The summed E-state index contributed by atoms with van der Waals surface area (Å²) in [5.41, 5.74) is 0. The van der Waals surface area contributed by atoms with Crippen LogP contribution in [0.1, 0.15) is 0 Å². The lowest BCUT2D eigenvalue weighted by Gasteiger charge is -2.25. The van der Waals surface area contributed by atoms with Gasteiger partial charge in [-0.25, -0.2) is 13.8 Å². The molecule has 0 aliphatic heterocycles. The van der Waals surface area contributed by atoms with E-state index in [0.717, 1.165) is 0 Å². The first-order valence-corrected chi connectivity index (χ1v) is 8.06. The summed E-state index contributed by atoms with van der Waals surface area (Å²) in [4.78, 5) is 0. The Kier molecular flexibility index (Phi) is 9.79. The van der Waals surface area contributed by atoms with Crippen LogP contribution >= 0.6 is 18.2 Å². The molecule has 0 aliphatic rings. The largest absolute Gasteiger partial charge is 0.457 e. The van der Waals surface area contributed by atoms with Crippen LogP contribution in [0.5, 0.6) is 0 Å². The second-order valence-electron chi connectivity index (χ2n) is 3.44. The standard InChI is InChI=1S/C12H20ClN2O3P/c1-5-9-14(10-6-2)17-19(13,16)18-15(11-7-3)12-8-4/h5-8H,1-4,9-12H2. The van der Waals surface area contributed by atoms with Crippen LogP contribution in [0.25, 0.3) is 0 Å². The number of nitrogens with zero attached hydrogens (tertiary/aromatic N) is 2. The highest BCUT2D eigenvalue weighted by Crippen LogP contribution is 2.54. The van der Waals surface area contributed by atoms with Gasteiger partial charge in [-0.1, -0.05) is 24.3 Å². The molecule has 0 N–H and O–H groups in total. The van der Waals surface area contributed by atoms with Crippen LogP contribution in [0.4, 0.5) is 0 Å². The number of rotatable bonds is 12. The maximum Gasteiger partial charge on any atom is 0.457 e. The van der Waals surface area contributed by atoms with Crippen molar-refractivity contribution >= 4 is 18.2 Å². The van der Waals surface area contributed by atoms with Gasteiger partial charge in [-0.05, 0) is 0 Å². The van der Waals surface area contributed by atoms with Crippen molar-refractivity contribution in [1.82, 2.24) is 10.1 Å². The minimum atomic E-state index is -3.79. The summed E-state index contributed by atoms with van der Waals surface area (Å²) in [5, 5.41) is 2.68. The van der Waals surface area contributed by atoms with Crippen LogP contribution in [0.3, 0.4) is 0 Å². The molecule has 7 heteroatoms. The van der Waals surface area contributed by atoms with Crippen molar-refractivity contribution in [1.29, 1.82) is 0 Å². The van der Waals surface area contributed by atoms with E-state index in [0.29, 0.717) is 26.2 Å². The Morgan fingerprint density at radius 3 is 1.32 bits per heavy atom. The van der Waals surface area contributed by atoms with Crippen molar-refractivity contribution in [3.63, 3.8) is 0 Å². The molecule has 0 unspecified atom stereocenters. The van der Waals surface area contributed by atoms with Crippen molar-refractivity contribution in [2.24, 2.45) is 0 Å². The van der Waals surface area contributed by atoms with Gasteiger partial charge in [-0.3, -0.25) is 0 Å². The molecule has 0 aliphatic carbocycles. The van der Waals surface area contributed by atoms with Gasteiger partial charge >= 0.3 is 6.95 Å². The molecule has 19 heavy (non-hydrogen) atoms. The predicted molar refractivity (Wildman–Crippen MR) is 79.6 cm³/mol. The fraction of sp³-hybridized carbons (Fsp3) is 0.333. The third-order valence-corrected chi connectivity index (χ3v) is 2.98. The Hall–Kier alpha value is -0.680. The molecule has 0 radical (unpaired) electrons. The van der Waals surface area contributed by atoms with Gasteiger partial charge in [0.25, 0.3) is 0 Å². The Morgan fingerprint density at radius 2 is 1.11 bits per heavy atom. The van der Waals surface area contributed by atoms with E-state index >= 15 is 0 Å². The molecular formula is C12H20ClN2O3P. The Morgan fingerprint density at radius 1 is 0.842 bits per heavy atom. The highest BCUT2D eigenvalue weighted by atomic mass is 35.7. The number of hydroxylamine groups is 4. The molecule has 0 rings (SSSR count). The highest BCUT2D eigenvalue weighted by Gasteiger charge is 2.28. The second-order valence-corrected chi connectivity index (χ2v) is 5.87. The minimum absolute atomic E-state index is 0.342. The summed E-state index contributed by atoms with van der Waals surface area (Å²) in [6.07, 6.45) is 6.36. The zero-order valence-corrected chi connectivity index (χ0v) is 12.6. The maximum absolute atomic E-state index is 12.0. The summed E-state index contributed by atoms with van der Waals surface area (Å²) in [6, 6.07) is 0. The lowest BCUT2D eigenvalue weighted by Crippen LogP contribution is -2.27. The smallest absolute Gasteiger partial charge is 0.238 e. The Labute approximate surface area is 119 Å². The van der Waals surface area contributed by atoms with E-state index < -0.39 is 6.95 Å². The Balaban J connectivity index is 4.59. The summed E-state index contributed by atoms with van der Waals surface area (Å²) < 4.78 is 22.3. The van der Waals surface area contributed by atoms with Crippen LogP contribution in [0.15, 0.2) is 50.6 Å². The third-order valence-electron chi connectivity index (χ3n) is 1.76. The number of hydrogen-bond donors (Lipinski definition) is 0. The van der Waals surface area contributed by atoms with E-state index in [9.17, 15) is 4.57 Å². The molecule has 0 heterocycles. The molecule has 0 atom stereocenters. The molecule has 0 saturated heterocycles. The zero-order chi connectivity index (χ0) is 14.7. The van der Waals surface area contributed by atoms with E-state index in [1.807, 2.05) is 0 Å². The molecule has 0 fully saturated rings. The summed E-state index contributed by atoms with van der Waals surface area (Å²) >= 11 is 5.76. The monoisotopic (exact) mass is 306 g/mol. The molecule has 0 aromatic heterocycles. The van der Waals surface area contributed by atoms with Crippen molar-refractivity contribution in [2.75, 3.05) is 26.2 Å². The van der Waals surface area contributed by atoms with E-state index in [1.165, 1.54) is 10.1 Å². The number of hydrogen-bond acceptors (Lipinski definition) is 5. The molecular weight excluding hydrogens is 287 g/mol. The van der Waals surface area contributed by atoms with Crippen LogP contribution in [0.2, 0.25) is 0 Å². The lowest BCUT2D eigenvalue weighted by molar-refractivity contribution is -0.0984. The fourth-order valence-electron chi connectivity index (χ4n) is 1.15. The van der Waals surface area contributed by atoms with E-state index in [4.69, 9.17) is 20.5 Å². The topological polar surface area (TPSA) is 42.0 Å². The van der Waals surface area contributed by atoms with Crippen LogP contribution < -0.4 is 0 Å². The Bertz CT molecular complexity index is 313. The first-order chi connectivity index (χ1) is 8.99. The van der Waals surface area contributed by atoms with Crippen LogP contribution in [-0.2, 0) is 13.8 Å². The maximum atomic E-state index is 12.0. The van der Waals surface area contributed by atoms with E-state index in [1.54, 1.807) is 24.3 Å². The highest BCUT2D eigenvalue weighted by molar-refractivity contribution is 7.81. The minimum Gasteiger partial charge on any atom is -0.238 e.